The molecule has 28 heavy (non-hydrogen) atoms. The number of aliphatic hydroxyl groups is 1. The van der Waals surface area contributed by atoms with E-state index in [4.69, 9.17) is 9.47 Å². The lowest BCUT2D eigenvalue weighted by molar-refractivity contribution is -0.187. The van der Waals surface area contributed by atoms with Gasteiger partial charge in [-0.1, -0.05) is 13.8 Å². The second-order valence-corrected chi connectivity index (χ2v) is 10.5. The summed E-state index contributed by atoms with van der Waals surface area (Å²) in [5.74, 6) is 1.45. The fourth-order valence-corrected chi connectivity index (χ4v) is 7.95. The molecule has 4 saturated carbocycles. The highest BCUT2D eigenvalue weighted by Crippen LogP contribution is 2.66. The molecule has 5 nitrogen and oxygen atoms in total. The van der Waals surface area contributed by atoms with Crippen molar-refractivity contribution in [1.82, 2.24) is 0 Å². The first-order chi connectivity index (χ1) is 13.1. The van der Waals surface area contributed by atoms with Crippen molar-refractivity contribution in [2.24, 2.45) is 34.5 Å². The van der Waals surface area contributed by atoms with Crippen LogP contribution in [0.25, 0.3) is 0 Å². The summed E-state index contributed by atoms with van der Waals surface area (Å²) < 4.78 is 11.2. The number of rotatable bonds is 2. The van der Waals surface area contributed by atoms with Gasteiger partial charge >= 0.3 is 11.9 Å². The molecule has 5 heteroatoms. The Hall–Kier alpha value is -1.10. The SMILES string of the molecule is CC(=O)OC1CCC2(C)C(C1)C(O)CC1C3CCC(OC(C)=O)C3(C)CCC12. The topological polar surface area (TPSA) is 72.8 Å². The van der Waals surface area contributed by atoms with Crippen molar-refractivity contribution in [3.05, 3.63) is 0 Å². The molecular weight excluding hydrogens is 356 g/mol. The number of carbonyl (C=O) groups is 2. The Balaban J connectivity index is 1.55. The number of aliphatic hydroxyl groups excluding tert-OH is 1. The Labute approximate surface area is 168 Å². The van der Waals surface area contributed by atoms with Crippen molar-refractivity contribution < 1.29 is 24.2 Å². The van der Waals surface area contributed by atoms with E-state index in [9.17, 15) is 14.7 Å². The Bertz CT molecular complexity index is 647. The maximum absolute atomic E-state index is 11.6. The predicted molar refractivity (Wildman–Crippen MR) is 104 cm³/mol. The van der Waals surface area contributed by atoms with Crippen LogP contribution in [-0.2, 0) is 19.1 Å². The lowest BCUT2D eigenvalue weighted by Gasteiger charge is -2.62. The Morgan fingerprint density at radius 1 is 0.821 bits per heavy atom. The van der Waals surface area contributed by atoms with E-state index in [1.165, 1.54) is 13.8 Å². The zero-order valence-electron chi connectivity index (χ0n) is 17.8. The summed E-state index contributed by atoms with van der Waals surface area (Å²) in [5.41, 5.74) is 0.157. The van der Waals surface area contributed by atoms with E-state index in [2.05, 4.69) is 13.8 Å². The normalized spacial score (nSPS) is 50.1. The van der Waals surface area contributed by atoms with Crippen LogP contribution < -0.4 is 0 Å². The molecule has 0 aromatic heterocycles. The molecule has 158 valence electrons. The minimum Gasteiger partial charge on any atom is -0.463 e. The average Bonchev–Trinajstić information content (AvgIpc) is 2.92. The van der Waals surface area contributed by atoms with Gasteiger partial charge < -0.3 is 14.6 Å². The molecule has 0 bridgehead atoms. The summed E-state index contributed by atoms with van der Waals surface area (Å²) in [4.78, 5) is 23.0. The zero-order valence-corrected chi connectivity index (χ0v) is 17.8. The standard InChI is InChI=1S/C23H36O5/c1-13(24)27-15-7-9-22(3)18-8-10-23(4)17(5-6-21(23)28-14(2)25)16(18)12-20(26)19(22)11-15/h15-21,26H,5-12H2,1-4H3. The number of fused-ring (bicyclic) bond motifs is 5. The van der Waals surface area contributed by atoms with Gasteiger partial charge in [0.15, 0.2) is 0 Å². The first kappa shape index (κ1) is 20.2. The maximum Gasteiger partial charge on any atom is 0.302 e. The van der Waals surface area contributed by atoms with Crippen LogP contribution >= 0.6 is 0 Å². The van der Waals surface area contributed by atoms with Gasteiger partial charge in [0, 0.05) is 19.3 Å². The van der Waals surface area contributed by atoms with Crippen LogP contribution in [0.4, 0.5) is 0 Å². The van der Waals surface area contributed by atoms with Crippen LogP contribution in [0, 0.1) is 34.5 Å². The number of esters is 2. The van der Waals surface area contributed by atoms with Crippen molar-refractivity contribution in [1.29, 1.82) is 0 Å². The fourth-order valence-electron chi connectivity index (χ4n) is 7.95. The molecular formula is C23H36O5. The lowest BCUT2D eigenvalue weighted by Crippen LogP contribution is -2.58. The van der Waals surface area contributed by atoms with E-state index in [1.54, 1.807) is 0 Å². The Morgan fingerprint density at radius 2 is 1.46 bits per heavy atom. The molecule has 4 aliphatic carbocycles. The molecule has 9 unspecified atom stereocenters. The number of hydrogen-bond acceptors (Lipinski definition) is 5. The largest absolute Gasteiger partial charge is 0.463 e. The monoisotopic (exact) mass is 392 g/mol. The first-order valence-corrected chi connectivity index (χ1v) is 11.2. The van der Waals surface area contributed by atoms with Crippen LogP contribution in [0.5, 0.6) is 0 Å². The Morgan fingerprint density at radius 3 is 2.14 bits per heavy atom. The summed E-state index contributed by atoms with van der Waals surface area (Å²) in [6, 6.07) is 0. The van der Waals surface area contributed by atoms with E-state index in [-0.39, 0.29) is 47.0 Å². The number of ether oxygens (including phenoxy) is 2. The molecule has 0 saturated heterocycles. The van der Waals surface area contributed by atoms with Crippen molar-refractivity contribution in [3.8, 4) is 0 Å². The van der Waals surface area contributed by atoms with E-state index >= 15 is 0 Å². The molecule has 0 amide bonds. The molecule has 9 atom stereocenters. The highest BCUT2D eigenvalue weighted by atomic mass is 16.5. The van der Waals surface area contributed by atoms with Crippen LogP contribution in [0.15, 0.2) is 0 Å². The van der Waals surface area contributed by atoms with Crippen molar-refractivity contribution in [2.75, 3.05) is 0 Å². The average molecular weight is 393 g/mol. The minimum atomic E-state index is -0.334. The molecule has 0 spiro atoms. The van der Waals surface area contributed by atoms with E-state index < -0.39 is 0 Å². The highest BCUT2D eigenvalue weighted by Gasteiger charge is 2.62. The highest BCUT2D eigenvalue weighted by molar-refractivity contribution is 5.66. The maximum atomic E-state index is 11.6. The Kier molecular flexibility index (Phi) is 5.05. The van der Waals surface area contributed by atoms with Gasteiger partial charge in [-0.15, -0.1) is 0 Å². The van der Waals surface area contributed by atoms with E-state index in [0.29, 0.717) is 17.8 Å². The molecule has 0 aromatic rings. The quantitative estimate of drug-likeness (QED) is 0.723. The van der Waals surface area contributed by atoms with Gasteiger partial charge in [0.1, 0.15) is 12.2 Å². The second-order valence-electron chi connectivity index (χ2n) is 10.5. The molecule has 0 heterocycles. The first-order valence-electron chi connectivity index (χ1n) is 11.2. The van der Waals surface area contributed by atoms with Crippen LogP contribution in [0.3, 0.4) is 0 Å². The lowest BCUT2D eigenvalue weighted by atomic mass is 9.44. The van der Waals surface area contributed by atoms with Crippen molar-refractivity contribution in [3.63, 3.8) is 0 Å². The van der Waals surface area contributed by atoms with Gasteiger partial charge in [-0.2, -0.15) is 0 Å². The smallest absolute Gasteiger partial charge is 0.302 e. The summed E-state index contributed by atoms with van der Waals surface area (Å²) in [6.07, 6.45) is 7.49. The molecule has 0 aromatic carbocycles. The fraction of sp³-hybridized carbons (Fsp3) is 0.913. The summed E-state index contributed by atoms with van der Waals surface area (Å²) in [7, 11) is 0. The minimum absolute atomic E-state index is 0.0262. The summed E-state index contributed by atoms with van der Waals surface area (Å²) >= 11 is 0. The number of carbonyl (C=O) groups excluding carboxylic acids is 2. The predicted octanol–water partition coefficient (Wildman–Crippen LogP) is 3.86. The molecule has 1 N–H and O–H groups in total. The third-order valence-corrected chi connectivity index (χ3v) is 9.19. The van der Waals surface area contributed by atoms with E-state index in [1.807, 2.05) is 0 Å². The van der Waals surface area contributed by atoms with Gasteiger partial charge in [-0.25, -0.2) is 0 Å². The van der Waals surface area contributed by atoms with Crippen LogP contribution in [0.1, 0.15) is 79.1 Å². The van der Waals surface area contributed by atoms with Gasteiger partial charge in [0.2, 0.25) is 0 Å². The number of hydrogen-bond donors (Lipinski definition) is 1. The molecule has 4 aliphatic rings. The third kappa shape index (κ3) is 3.09. The van der Waals surface area contributed by atoms with Crippen molar-refractivity contribution >= 4 is 11.9 Å². The zero-order chi connectivity index (χ0) is 20.3. The van der Waals surface area contributed by atoms with Crippen LogP contribution in [-0.4, -0.2) is 35.4 Å². The van der Waals surface area contributed by atoms with Gasteiger partial charge in [0.05, 0.1) is 6.10 Å². The summed E-state index contributed by atoms with van der Waals surface area (Å²) in [6.45, 7) is 7.68. The third-order valence-electron chi connectivity index (χ3n) is 9.19. The molecule has 4 rings (SSSR count). The van der Waals surface area contributed by atoms with E-state index in [0.717, 1.165) is 51.4 Å². The van der Waals surface area contributed by atoms with Crippen LogP contribution in [0.2, 0.25) is 0 Å². The molecule has 4 fully saturated rings. The van der Waals surface area contributed by atoms with Gasteiger partial charge in [-0.3, -0.25) is 9.59 Å². The molecule has 0 radical (unpaired) electrons. The van der Waals surface area contributed by atoms with Gasteiger partial charge in [0.25, 0.3) is 0 Å². The summed E-state index contributed by atoms with van der Waals surface area (Å²) in [5, 5.41) is 11.1. The van der Waals surface area contributed by atoms with Gasteiger partial charge in [-0.05, 0) is 80.5 Å². The second kappa shape index (κ2) is 7.00. The van der Waals surface area contributed by atoms with Crippen molar-refractivity contribution in [2.45, 2.75) is 97.4 Å². The molecule has 0 aliphatic heterocycles.